The largest absolute Gasteiger partial charge is 0.379 e. The van der Waals surface area contributed by atoms with Crippen LogP contribution < -0.4 is 5.73 Å². The maximum absolute atomic E-state index is 12.3. The number of nitrogens with two attached hydrogens (primary N) is 1. The number of carbonyl (C=O) groups excluding carboxylic acids is 1. The minimum atomic E-state index is -0.432. The van der Waals surface area contributed by atoms with Crippen molar-refractivity contribution in [1.82, 2.24) is 4.90 Å². The summed E-state index contributed by atoms with van der Waals surface area (Å²) in [5.74, 6) is 0.0604. The van der Waals surface area contributed by atoms with Crippen molar-refractivity contribution in [1.29, 1.82) is 0 Å². The van der Waals surface area contributed by atoms with Crippen LogP contribution in [0, 0.1) is 5.41 Å². The standard InChI is InChI=1S/C15H30N2O3/c1-5-19-10-11-20-12-6-8-17(9-7-12)14(18)13(16)15(2,3)4/h12-13H,5-11,16H2,1-4H3/t13-/m0/s1. The molecule has 1 heterocycles. The summed E-state index contributed by atoms with van der Waals surface area (Å²) in [5.41, 5.74) is 5.84. The van der Waals surface area contributed by atoms with Crippen molar-refractivity contribution in [3.63, 3.8) is 0 Å². The lowest BCUT2D eigenvalue weighted by Crippen LogP contribution is -2.53. The lowest BCUT2D eigenvalue weighted by Gasteiger charge is -2.36. The minimum Gasteiger partial charge on any atom is -0.379 e. The van der Waals surface area contributed by atoms with Gasteiger partial charge in [-0.25, -0.2) is 0 Å². The molecule has 0 spiro atoms. The maximum atomic E-state index is 12.3. The molecule has 0 aromatic carbocycles. The van der Waals surface area contributed by atoms with Gasteiger partial charge in [-0.1, -0.05) is 20.8 Å². The number of amides is 1. The van der Waals surface area contributed by atoms with E-state index in [0.29, 0.717) is 13.2 Å². The second-order valence-electron chi connectivity index (χ2n) is 6.44. The molecule has 5 heteroatoms. The van der Waals surface area contributed by atoms with Gasteiger partial charge in [-0.05, 0) is 25.2 Å². The van der Waals surface area contributed by atoms with E-state index in [0.717, 1.165) is 32.5 Å². The maximum Gasteiger partial charge on any atom is 0.240 e. The Morgan fingerprint density at radius 3 is 2.40 bits per heavy atom. The molecular formula is C15H30N2O3. The Balaban J connectivity index is 2.29. The molecule has 20 heavy (non-hydrogen) atoms. The summed E-state index contributed by atoms with van der Waals surface area (Å²) in [5, 5.41) is 0. The number of piperidine rings is 1. The highest BCUT2D eigenvalue weighted by Crippen LogP contribution is 2.21. The zero-order valence-corrected chi connectivity index (χ0v) is 13.4. The van der Waals surface area contributed by atoms with Crippen LogP contribution in [0.4, 0.5) is 0 Å². The van der Waals surface area contributed by atoms with Crippen LogP contribution in [0.15, 0.2) is 0 Å². The molecule has 2 N–H and O–H groups in total. The van der Waals surface area contributed by atoms with Crippen LogP contribution in [0.2, 0.25) is 0 Å². The molecule has 0 saturated carbocycles. The van der Waals surface area contributed by atoms with Gasteiger partial charge in [0.1, 0.15) is 0 Å². The van der Waals surface area contributed by atoms with Gasteiger partial charge in [0.05, 0.1) is 25.4 Å². The molecule has 1 fully saturated rings. The summed E-state index contributed by atoms with van der Waals surface area (Å²) in [4.78, 5) is 14.2. The fourth-order valence-corrected chi connectivity index (χ4v) is 2.23. The van der Waals surface area contributed by atoms with Gasteiger partial charge in [0.15, 0.2) is 0 Å². The summed E-state index contributed by atoms with van der Waals surface area (Å²) in [7, 11) is 0. The van der Waals surface area contributed by atoms with Gasteiger partial charge in [-0.15, -0.1) is 0 Å². The van der Waals surface area contributed by atoms with E-state index in [1.807, 2.05) is 32.6 Å². The van der Waals surface area contributed by atoms with Crippen molar-refractivity contribution in [3.8, 4) is 0 Å². The number of rotatable bonds is 6. The summed E-state index contributed by atoms with van der Waals surface area (Å²) in [6, 6.07) is -0.432. The Kier molecular flexibility index (Phi) is 6.92. The number of likely N-dealkylation sites (tertiary alicyclic amines) is 1. The zero-order valence-electron chi connectivity index (χ0n) is 13.4. The molecule has 0 aromatic rings. The first-order chi connectivity index (χ1) is 9.36. The van der Waals surface area contributed by atoms with Crippen LogP contribution in [-0.4, -0.2) is 55.9 Å². The molecule has 0 radical (unpaired) electrons. The first-order valence-corrected chi connectivity index (χ1v) is 7.60. The molecule has 118 valence electrons. The van der Waals surface area contributed by atoms with E-state index in [2.05, 4.69) is 0 Å². The van der Waals surface area contributed by atoms with Gasteiger partial charge in [-0.3, -0.25) is 4.79 Å². The number of ether oxygens (including phenoxy) is 2. The highest BCUT2D eigenvalue weighted by atomic mass is 16.5. The zero-order chi connectivity index (χ0) is 15.2. The van der Waals surface area contributed by atoms with E-state index in [1.165, 1.54) is 0 Å². The smallest absolute Gasteiger partial charge is 0.240 e. The molecule has 0 aromatic heterocycles. The Labute approximate surface area is 122 Å². The van der Waals surface area contributed by atoms with Crippen LogP contribution in [0.25, 0.3) is 0 Å². The van der Waals surface area contributed by atoms with E-state index in [4.69, 9.17) is 15.2 Å². The van der Waals surface area contributed by atoms with Gasteiger partial charge in [0.2, 0.25) is 5.91 Å². The average molecular weight is 286 g/mol. The van der Waals surface area contributed by atoms with Crippen LogP contribution in [0.5, 0.6) is 0 Å². The lowest BCUT2D eigenvalue weighted by atomic mass is 9.86. The lowest BCUT2D eigenvalue weighted by molar-refractivity contribution is -0.137. The molecule has 1 atom stereocenters. The van der Waals surface area contributed by atoms with Gasteiger partial charge in [-0.2, -0.15) is 0 Å². The molecule has 1 saturated heterocycles. The van der Waals surface area contributed by atoms with E-state index in [-0.39, 0.29) is 17.4 Å². The highest BCUT2D eigenvalue weighted by molar-refractivity contribution is 5.82. The summed E-state index contributed by atoms with van der Waals surface area (Å²) in [6.07, 6.45) is 2.01. The monoisotopic (exact) mass is 286 g/mol. The number of nitrogens with zero attached hydrogens (tertiary/aromatic N) is 1. The summed E-state index contributed by atoms with van der Waals surface area (Å²) >= 11 is 0. The van der Waals surface area contributed by atoms with E-state index in [1.54, 1.807) is 0 Å². The number of hydrogen-bond donors (Lipinski definition) is 1. The Morgan fingerprint density at radius 2 is 1.90 bits per heavy atom. The van der Waals surface area contributed by atoms with Crippen LogP contribution in [0.1, 0.15) is 40.5 Å². The summed E-state index contributed by atoms with van der Waals surface area (Å²) in [6.45, 7) is 11.4. The Hall–Kier alpha value is -0.650. The van der Waals surface area contributed by atoms with Crippen molar-refractivity contribution < 1.29 is 14.3 Å². The van der Waals surface area contributed by atoms with Crippen LogP contribution in [-0.2, 0) is 14.3 Å². The fraction of sp³-hybridized carbons (Fsp3) is 0.933. The molecule has 0 unspecified atom stereocenters. The first kappa shape index (κ1) is 17.4. The van der Waals surface area contributed by atoms with Gasteiger partial charge in [0, 0.05) is 19.7 Å². The van der Waals surface area contributed by atoms with Crippen LogP contribution >= 0.6 is 0 Å². The second-order valence-corrected chi connectivity index (χ2v) is 6.44. The first-order valence-electron chi connectivity index (χ1n) is 7.60. The van der Waals surface area contributed by atoms with E-state index < -0.39 is 6.04 Å². The highest BCUT2D eigenvalue weighted by Gasteiger charge is 2.32. The minimum absolute atomic E-state index is 0.0604. The molecule has 1 aliphatic heterocycles. The van der Waals surface area contributed by atoms with Crippen molar-refractivity contribution in [2.75, 3.05) is 32.9 Å². The van der Waals surface area contributed by atoms with Crippen molar-refractivity contribution in [3.05, 3.63) is 0 Å². The molecule has 0 bridgehead atoms. The fourth-order valence-electron chi connectivity index (χ4n) is 2.23. The molecule has 1 rings (SSSR count). The molecule has 1 aliphatic rings. The third kappa shape index (κ3) is 5.38. The molecule has 0 aliphatic carbocycles. The van der Waals surface area contributed by atoms with Crippen molar-refractivity contribution in [2.45, 2.75) is 52.7 Å². The SMILES string of the molecule is CCOCCOC1CCN(C(=O)[C@H](N)C(C)(C)C)CC1. The molecule has 1 amide bonds. The van der Waals surface area contributed by atoms with E-state index in [9.17, 15) is 4.79 Å². The van der Waals surface area contributed by atoms with Gasteiger partial charge >= 0.3 is 0 Å². The third-order valence-electron chi connectivity index (χ3n) is 3.74. The van der Waals surface area contributed by atoms with Gasteiger partial charge < -0.3 is 20.1 Å². The molecular weight excluding hydrogens is 256 g/mol. The van der Waals surface area contributed by atoms with Crippen LogP contribution in [0.3, 0.4) is 0 Å². The Bertz CT molecular complexity index is 294. The second kappa shape index (κ2) is 7.96. The van der Waals surface area contributed by atoms with Gasteiger partial charge in [0.25, 0.3) is 0 Å². The normalized spacial score (nSPS) is 19.1. The Morgan fingerprint density at radius 1 is 1.30 bits per heavy atom. The number of carbonyl (C=O) groups is 1. The third-order valence-corrected chi connectivity index (χ3v) is 3.74. The molecule has 5 nitrogen and oxygen atoms in total. The van der Waals surface area contributed by atoms with Crippen molar-refractivity contribution >= 4 is 5.91 Å². The quantitative estimate of drug-likeness (QED) is 0.750. The summed E-state index contributed by atoms with van der Waals surface area (Å²) < 4.78 is 11.0. The number of hydrogen-bond acceptors (Lipinski definition) is 4. The average Bonchev–Trinajstić information content (AvgIpc) is 2.41. The topological polar surface area (TPSA) is 64.8 Å². The van der Waals surface area contributed by atoms with Crippen molar-refractivity contribution in [2.24, 2.45) is 11.1 Å². The predicted octanol–water partition coefficient (Wildman–Crippen LogP) is 1.40. The van der Waals surface area contributed by atoms with E-state index >= 15 is 0 Å². The predicted molar refractivity (Wildman–Crippen MR) is 79.5 cm³/mol.